The first-order chi connectivity index (χ1) is 7.31. The van der Waals surface area contributed by atoms with Crippen molar-refractivity contribution in [3.63, 3.8) is 0 Å². The number of hydrogen-bond acceptors (Lipinski definition) is 3. The molecule has 0 bridgehead atoms. The minimum absolute atomic E-state index is 0.0904. The van der Waals surface area contributed by atoms with E-state index in [0.717, 1.165) is 0 Å². The number of aliphatic carboxylic acids is 1. The molecule has 1 heterocycles. The van der Waals surface area contributed by atoms with Crippen molar-refractivity contribution >= 4 is 5.97 Å². The molecule has 1 aliphatic heterocycles. The van der Waals surface area contributed by atoms with Crippen molar-refractivity contribution in [2.75, 3.05) is 26.2 Å². The Balaban J connectivity index is 2.58. The van der Waals surface area contributed by atoms with E-state index in [1.54, 1.807) is 0 Å². The average Bonchev–Trinajstić information content (AvgIpc) is 2.58. The molecule has 1 saturated heterocycles. The molecule has 1 fully saturated rings. The third kappa shape index (κ3) is 2.65. The number of aliphatic hydroxyl groups is 1. The summed E-state index contributed by atoms with van der Waals surface area (Å²) in [6.07, 6.45) is -4.80. The lowest BCUT2D eigenvalue weighted by molar-refractivity contribution is -0.230. The molecule has 0 saturated carbocycles. The van der Waals surface area contributed by atoms with Crippen LogP contribution in [0.1, 0.15) is 12.8 Å². The molecular weight excluding hydrogens is 227 g/mol. The van der Waals surface area contributed by atoms with E-state index in [1.165, 1.54) is 4.90 Å². The van der Waals surface area contributed by atoms with Crippen LogP contribution in [0.5, 0.6) is 0 Å². The molecule has 1 aliphatic rings. The molecule has 0 radical (unpaired) electrons. The Labute approximate surface area is 90.7 Å². The van der Waals surface area contributed by atoms with E-state index >= 15 is 0 Å². The van der Waals surface area contributed by atoms with Gasteiger partial charge in [-0.25, -0.2) is 0 Å². The standard InChI is InChI=1S/C9H14F3NO3/c10-9(11,12)8(6-14)2-4-13(5-8)3-1-7(15)16/h14H,1-6H2,(H,15,16)/t8-/m1/s1. The lowest BCUT2D eigenvalue weighted by Crippen LogP contribution is -2.43. The Hall–Kier alpha value is -0.820. The molecule has 4 nitrogen and oxygen atoms in total. The van der Waals surface area contributed by atoms with Crippen molar-refractivity contribution in [2.24, 2.45) is 5.41 Å². The highest BCUT2D eigenvalue weighted by Crippen LogP contribution is 2.44. The first kappa shape index (κ1) is 13.2. The Morgan fingerprint density at radius 3 is 2.44 bits per heavy atom. The van der Waals surface area contributed by atoms with Gasteiger partial charge in [-0.15, -0.1) is 0 Å². The number of likely N-dealkylation sites (tertiary alicyclic amines) is 1. The maximum absolute atomic E-state index is 12.7. The van der Waals surface area contributed by atoms with Gasteiger partial charge in [-0.1, -0.05) is 0 Å². The van der Waals surface area contributed by atoms with Crippen LogP contribution in [0.4, 0.5) is 13.2 Å². The van der Waals surface area contributed by atoms with Gasteiger partial charge in [0.05, 0.1) is 13.0 Å². The van der Waals surface area contributed by atoms with Gasteiger partial charge in [0.25, 0.3) is 0 Å². The van der Waals surface area contributed by atoms with Crippen molar-refractivity contribution in [1.82, 2.24) is 4.90 Å². The van der Waals surface area contributed by atoms with Crippen LogP contribution in [0, 0.1) is 5.41 Å². The van der Waals surface area contributed by atoms with Crippen LogP contribution in [0.2, 0.25) is 0 Å². The van der Waals surface area contributed by atoms with E-state index < -0.39 is 24.2 Å². The number of nitrogens with zero attached hydrogens (tertiary/aromatic N) is 1. The predicted molar refractivity (Wildman–Crippen MR) is 48.9 cm³/mol. The fourth-order valence-corrected chi connectivity index (χ4v) is 1.85. The number of alkyl halides is 3. The first-order valence-electron chi connectivity index (χ1n) is 4.92. The third-order valence-corrected chi connectivity index (χ3v) is 2.98. The zero-order valence-corrected chi connectivity index (χ0v) is 8.63. The van der Waals surface area contributed by atoms with E-state index in [2.05, 4.69) is 0 Å². The van der Waals surface area contributed by atoms with Crippen LogP contribution >= 0.6 is 0 Å². The number of halogens is 3. The second-order valence-electron chi connectivity index (χ2n) is 4.11. The first-order valence-corrected chi connectivity index (χ1v) is 4.92. The van der Waals surface area contributed by atoms with Gasteiger partial charge < -0.3 is 15.1 Å². The normalized spacial score (nSPS) is 27.2. The van der Waals surface area contributed by atoms with Gasteiger partial charge in [0.15, 0.2) is 0 Å². The van der Waals surface area contributed by atoms with E-state index in [-0.39, 0.29) is 32.5 Å². The number of carbonyl (C=O) groups is 1. The molecule has 94 valence electrons. The van der Waals surface area contributed by atoms with Crippen LogP contribution in [-0.4, -0.2) is 53.5 Å². The number of rotatable bonds is 4. The molecule has 0 aromatic carbocycles. The average molecular weight is 241 g/mol. The molecule has 1 rings (SSSR count). The van der Waals surface area contributed by atoms with Gasteiger partial charge in [-0.05, 0) is 13.0 Å². The summed E-state index contributed by atoms with van der Waals surface area (Å²) in [5, 5.41) is 17.3. The van der Waals surface area contributed by atoms with Gasteiger partial charge in [0, 0.05) is 13.1 Å². The maximum atomic E-state index is 12.7. The summed E-state index contributed by atoms with van der Waals surface area (Å²) in [6.45, 7) is -0.999. The molecule has 2 N–H and O–H groups in total. The predicted octanol–water partition coefficient (Wildman–Crippen LogP) is 0.708. The number of hydrogen-bond donors (Lipinski definition) is 2. The van der Waals surface area contributed by atoms with Crippen molar-refractivity contribution in [3.8, 4) is 0 Å². The van der Waals surface area contributed by atoms with Crippen LogP contribution in [-0.2, 0) is 4.79 Å². The number of carboxylic acid groups (broad SMARTS) is 1. The van der Waals surface area contributed by atoms with Crippen molar-refractivity contribution in [1.29, 1.82) is 0 Å². The summed E-state index contributed by atoms with van der Waals surface area (Å²) in [6, 6.07) is 0. The summed E-state index contributed by atoms with van der Waals surface area (Å²) in [5.41, 5.74) is -2.08. The Bertz CT molecular complexity index is 269. The highest BCUT2D eigenvalue weighted by Gasteiger charge is 2.57. The molecule has 0 aromatic rings. The van der Waals surface area contributed by atoms with Gasteiger partial charge in [-0.3, -0.25) is 4.79 Å². The summed E-state index contributed by atoms with van der Waals surface area (Å²) in [4.78, 5) is 11.7. The monoisotopic (exact) mass is 241 g/mol. The molecule has 0 unspecified atom stereocenters. The quantitative estimate of drug-likeness (QED) is 0.761. The van der Waals surface area contributed by atoms with E-state index in [0.29, 0.717) is 0 Å². The summed E-state index contributed by atoms with van der Waals surface area (Å²) in [5.74, 6) is -1.03. The molecular formula is C9H14F3NO3. The summed E-state index contributed by atoms with van der Waals surface area (Å²) >= 11 is 0. The van der Waals surface area contributed by atoms with Crippen molar-refractivity contribution in [2.45, 2.75) is 19.0 Å². The molecule has 16 heavy (non-hydrogen) atoms. The van der Waals surface area contributed by atoms with E-state index in [4.69, 9.17) is 10.2 Å². The van der Waals surface area contributed by atoms with Crippen molar-refractivity contribution in [3.05, 3.63) is 0 Å². The minimum Gasteiger partial charge on any atom is -0.481 e. The van der Waals surface area contributed by atoms with Crippen LogP contribution in [0.3, 0.4) is 0 Å². The molecule has 7 heteroatoms. The zero-order chi connectivity index (χ0) is 12.4. The fourth-order valence-electron chi connectivity index (χ4n) is 1.85. The van der Waals surface area contributed by atoms with Crippen LogP contribution in [0.25, 0.3) is 0 Å². The van der Waals surface area contributed by atoms with E-state index in [1.807, 2.05) is 0 Å². The molecule has 0 aliphatic carbocycles. The maximum Gasteiger partial charge on any atom is 0.397 e. The molecule has 0 aromatic heterocycles. The smallest absolute Gasteiger partial charge is 0.397 e. The molecule has 1 atom stereocenters. The number of aliphatic hydroxyl groups excluding tert-OH is 1. The minimum atomic E-state index is -4.44. The Morgan fingerprint density at radius 1 is 1.44 bits per heavy atom. The second-order valence-corrected chi connectivity index (χ2v) is 4.11. The largest absolute Gasteiger partial charge is 0.481 e. The van der Waals surface area contributed by atoms with Crippen LogP contribution in [0.15, 0.2) is 0 Å². The lowest BCUT2D eigenvalue weighted by Gasteiger charge is -2.29. The molecule has 0 amide bonds. The summed E-state index contributed by atoms with van der Waals surface area (Å²) < 4.78 is 38.1. The second kappa shape index (κ2) is 4.58. The highest BCUT2D eigenvalue weighted by atomic mass is 19.4. The fraction of sp³-hybridized carbons (Fsp3) is 0.889. The Kier molecular flexibility index (Phi) is 3.80. The highest BCUT2D eigenvalue weighted by molar-refractivity contribution is 5.66. The van der Waals surface area contributed by atoms with Gasteiger partial charge in [-0.2, -0.15) is 13.2 Å². The SMILES string of the molecule is O=C(O)CCN1CC[C@@](CO)(C(F)(F)F)C1. The molecule has 0 spiro atoms. The van der Waals surface area contributed by atoms with Gasteiger partial charge >= 0.3 is 12.1 Å². The lowest BCUT2D eigenvalue weighted by atomic mass is 9.87. The van der Waals surface area contributed by atoms with Gasteiger partial charge in [0.2, 0.25) is 0 Å². The van der Waals surface area contributed by atoms with Gasteiger partial charge in [0.1, 0.15) is 5.41 Å². The van der Waals surface area contributed by atoms with Crippen LogP contribution < -0.4 is 0 Å². The zero-order valence-electron chi connectivity index (χ0n) is 8.63. The third-order valence-electron chi connectivity index (χ3n) is 2.98. The van der Waals surface area contributed by atoms with E-state index in [9.17, 15) is 18.0 Å². The Morgan fingerprint density at radius 2 is 2.06 bits per heavy atom. The number of carboxylic acids is 1. The van der Waals surface area contributed by atoms with Crippen molar-refractivity contribution < 1.29 is 28.2 Å². The topological polar surface area (TPSA) is 60.8 Å². The summed E-state index contributed by atoms with van der Waals surface area (Å²) in [7, 11) is 0.